The van der Waals surface area contributed by atoms with E-state index in [1.54, 1.807) is 30.5 Å². The summed E-state index contributed by atoms with van der Waals surface area (Å²) < 4.78 is 1.63. The van der Waals surface area contributed by atoms with Gasteiger partial charge in [-0.15, -0.1) is 0 Å². The Bertz CT molecular complexity index is 559. The van der Waals surface area contributed by atoms with Crippen molar-refractivity contribution in [1.29, 1.82) is 0 Å². The first kappa shape index (κ1) is 15.5. The number of aryl methyl sites for hydroxylation is 1. The van der Waals surface area contributed by atoms with Crippen molar-refractivity contribution in [1.82, 2.24) is 25.0 Å². The lowest BCUT2D eigenvalue weighted by Gasteiger charge is -2.50. The van der Waals surface area contributed by atoms with E-state index in [2.05, 4.69) is 15.4 Å². The lowest BCUT2D eigenvalue weighted by atomic mass is 9.82. The molecule has 0 spiro atoms. The average molecular weight is 293 g/mol. The molecule has 0 aromatic carbocycles. The predicted octanol–water partition coefficient (Wildman–Crippen LogP) is 0.611. The third-order valence-electron chi connectivity index (χ3n) is 4.42. The first-order valence-corrected chi connectivity index (χ1v) is 7.26. The van der Waals surface area contributed by atoms with Crippen molar-refractivity contribution in [2.24, 2.45) is 7.05 Å². The molecule has 0 radical (unpaired) electrons. The van der Waals surface area contributed by atoms with E-state index in [9.17, 15) is 9.59 Å². The summed E-state index contributed by atoms with van der Waals surface area (Å²) in [6.45, 7) is 7.60. The Morgan fingerprint density at radius 2 is 1.86 bits per heavy atom. The van der Waals surface area contributed by atoms with Crippen molar-refractivity contribution in [2.75, 3.05) is 0 Å². The molecule has 0 bridgehead atoms. The van der Waals surface area contributed by atoms with Crippen molar-refractivity contribution in [3.05, 3.63) is 12.2 Å². The van der Waals surface area contributed by atoms with Crippen LogP contribution in [-0.4, -0.2) is 42.6 Å². The fourth-order valence-electron chi connectivity index (χ4n) is 2.89. The highest BCUT2D eigenvalue weighted by Gasteiger charge is 2.53. The zero-order valence-electron chi connectivity index (χ0n) is 13.3. The smallest absolute Gasteiger partial charge is 0.249 e. The molecule has 1 aromatic rings. The summed E-state index contributed by atoms with van der Waals surface area (Å²) in [4.78, 5) is 31.3. The number of hydrogen-bond donors (Lipinski definition) is 1. The standard InChI is InChI=1S/C14H23N5O2/c1-6-14(7-2)11(20)17-13(3,4)12(21)19(14)8-10-15-9-16-18(10)5/h9H,6-8H2,1-5H3,(H,17,20). The van der Waals surface area contributed by atoms with Gasteiger partial charge in [0.25, 0.3) is 0 Å². The highest BCUT2D eigenvalue weighted by atomic mass is 16.2. The molecular formula is C14H23N5O2. The van der Waals surface area contributed by atoms with E-state index < -0.39 is 11.1 Å². The van der Waals surface area contributed by atoms with Crippen molar-refractivity contribution < 1.29 is 9.59 Å². The van der Waals surface area contributed by atoms with Crippen LogP contribution in [0.5, 0.6) is 0 Å². The van der Waals surface area contributed by atoms with E-state index in [1.165, 1.54) is 6.33 Å². The van der Waals surface area contributed by atoms with Crippen molar-refractivity contribution >= 4 is 11.8 Å². The number of rotatable bonds is 4. The molecule has 2 amide bonds. The summed E-state index contributed by atoms with van der Waals surface area (Å²) in [6, 6.07) is 0. The summed E-state index contributed by atoms with van der Waals surface area (Å²) in [5, 5.41) is 6.88. The molecule has 7 heteroatoms. The van der Waals surface area contributed by atoms with Crippen LogP contribution in [0.4, 0.5) is 0 Å². The molecule has 21 heavy (non-hydrogen) atoms. The second-order valence-corrected chi connectivity index (χ2v) is 6.01. The number of piperazine rings is 1. The maximum atomic E-state index is 12.8. The quantitative estimate of drug-likeness (QED) is 0.882. The van der Waals surface area contributed by atoms with E-state index in [1.807, 2.05) is 13.8 Å². The Morgan fingerprint density at radius 1 is 1.24 bits per heavy atom. The second-order valence-electron chi connectivity index (χ2n) is 6.01. The Hall–Kier alpha value is -1.92. The van der Waals surface area contributed by atoms with Gasteiger partial charge in [-0.3, -0.25) is 14.3 Å². The number of hydrogen-bond acceptors (Lipinski definition) is 4. The SMILES string of the molecule is CCC1(CC)C(=O)NC(C)(C)C(=O)N1Cc1ncnn1C. The minimum absolute atomic E-state index is 0.0891. The first-order chi connectivity index (χ1) is 9.78. The molecule has 2 rings (SSSR count). The molecule has 1 saturated heterocycles. The third-order valence-corrected chi connectivity index (χ3v) is 4.42. The number of aromatic nitrogens is 3. The van der Waals surface area contributed by atoms with Gasteiger partial charge < -0.3 is 10.2 Å². The van der Waals surface area contributed by atoms with Gasteiger partial charge in [-0.05, 0) is 26.7 Å². The molecule has 2 heterocycles. The molecule has 1 aromatic heterocycles. The van der Waals surface area contributed by atoms with Crippen LogP contribution < -0.4 is 5.32 Å². The Balaban J connectivity index is 2.46. The van der Waals surface area contributed by atoms with Gasteiger partial charge in [0, 0.05) is 7.05 Å². The molecule has 1 N–H and O–H groups in total. The number of amides is 2. The average Bonchev–Trinajstić information content (AvgIpc) is 2.82. The van der Waals surface area contributed by atoms with Crippen LogP contribution >= 0.6 is 0 Å². The van der Waals surface area contributed by atoms with Gasteiger partial charge in [-0.2, -0.15) is 5.10 Å². The normalized spacial score (nSPS) is 20.5. The maximum Gasteiger partial charge on any atom is 0.249 e. The first-order valence-electron chi connectivity index (χ1n) is 7.26. The minimum Gasteiger partial charge on any atom is -0.340 e. The van der Waals surface area contributed by atoms with Crippen LogP contribution in [0.2, 0.25) is 0 Å². The summed E-state index contributed by atoms with van der Waals surface area (Å²) >= 11 is 0. The Kier molecular flexibility index (Phi) is 3.78. The van der Waals surface area contributed by atoms with E-state index in [0.29, 0.717) is 18.7 Å². The lowest BCUT2D eigenvalue weighted by Crippen LogP contribution is -2.73. The molecule has 0 unspecified atom stereocenters. The molecule has 0 saturated carbocycles. The van der Waals surface area contributed by atoms with Crippen LogP contribution in [-0.2, 0) is 23.2 Å². The number of carbonyl (C=O) groups excluding carboxylic acids is 2. The highest BCUT2D eigenvalue weighted by molar-refractivity contribution is 6.01. The molecular weight excluding hydrogens is 270 g/mol. The zero-order valence-corrected chi connectivity index (χ0v) is 13.3. The minimum atomic E-state index is -0.899. The van der Waals surface area contributed by atoms with Crippen molar-refractivity contribution in [3.63, 3.8) is 0 Å². The number of nitrogens with one attached hydrogen (secondary N) is 1. The van der Waals surface area contributed by atoms with Crippen LogP contribution in [0.1, 0.15) is 46.4 Å². The van der Waals surface area contributed by atoms with Gasteiger partial charge >= 0.3 is 0 Å². The van der Waals surface area contributed by atoms with Crippen LogP contribution in [0.15, 0.2) is 6.33 Å². The van der Waals surface area contributed by atoms with E-state index in [-0.39, 0.29) is 18.4 Å². The topological polar surface area (TPSA) is 80.1 Å². The monoisotopic (exact) mass is 293 g/mol. The molecule has 7 nitrogen and oxygen atoms in total. The fourth-order valence-corrected chi connectivity index (χ4v) is 2.89. The van der Waals surface area contributed by atoms with Gasteiger partial charge in [-0.1, -0.05) is 13.8 Å². The van der Waals surface area contributed by atoms with Gasteiger partial charge in [-0.25, -0.2) is 4.98 Å². The second kappa shape index (κ2) is 5.13. The molecule has 1 fully saturated rings. The Labute approximate surface area is 124 Å². The molecule has 1 aliphatic heterocycles. The molecule has 1 aliphatic rings. The molecule has 0 atom stereocenters. The lowest BCUT2D eigenvalue weighted by molar-refractivity contribution is -0.163. The number of nitrogens with zero attached hydrogens (tertiary/aromatic N) is 4. The predicted molar refractivity (Wildman–Crippen MR) is 77.1 cm³/mol. The number of carbonyl (C=O) groups is 2. The van der Waals surface area contributed by atoms with E-state index in [4.69, 9.17) is 0 Å². The Morgan fingerprint density at radius 3 is 2.33 bits per heavy atom. The van der Waals surface area contributed by atoms with Gasteiger partial charge in [0.15, 0.2) is 0 Å². The summed E-state index contributed by atoms with van der Waals surface area (Å²) in [7, 11) is 1.78. The third kappa shape index (κ3) is 2.30. The van der Waals surface area contributed by atoms with Gasteiger partial charge in [0.1, 0.15) is 23.2 Å². The van der Waals surface area contributed by atoms with E-state index in [0.717, 1.165) is 0 Å². The summed E-state index contributed by atoms with van der Waals surface area (Å²) in [5.74, 6) is 0.480. The molecule has 116 valence electrons. The van der Waals surface area contributed by atoms with Gasteiger partial charge in [0.05, 0.1) is 6.54 Å². The van der Waals surface area contributed by atoms with Crippen molar-refractivity contribution in [3.8, 4) is 0 Å². The van der Waals surface area contributed by atoms with E-state index >= 15 is 0 Å². The molecule has 0 aliphatic carbocycles. The van der Waals surface area contributed by atoms with Crippen LogP contribution in [0.25, 0.3) is 0 Å². The van der Waals surface area contributed by atoms with Gasteiger partial charge in [0.2, 0.25) is 11.8 Å². The zero-order chi connectivity index (χ0) is 15.8. The van der Waals surface area contributed by atoms with Crippen molar-refractivity contribution in [2.45, 2.75) is 58.2 Å². The van der Waals surface area contributed by atoms with Crippen LogP contribution in [0.3, 0.4) is 0 Å². The summed E-state index contributed by atoms with van der Waals surface area (Å²) in [6.07, 6.45) is 2.58. The largest absolute Gasteiger partial charge is 0.340 e. The highest BCUT2D eigenvalue weighted by Crippen LogP contribution is 2.33. The maximum absolute atomic E-state index is 12.8. The van der Waals surface area contributed by atoms with Crippen LogP contribution in [0, 0.1) is 0 Å². The summed E-state index contributed by atoms with van der Waals surface area (Å²) in [5.41, 5.74) is -1.72. The fraction of sp³-hybridized carbons (Fsp3) is 0.714.